The fraction of sp³-hybridized carbons (Fsp3) is 0.694. The first kappa shape index (κ1) is 93.7. The number of likely N-dealkylation sites (N-methyl/N-ethyl adjacent to an activating group) is 5. The number of nitrogens with two attached hydrogens (primary N) is 1. The van der Waals surface area contributed by atoms with Crippen LogP contribution in [0.5, 0.6) is 0 Å². The molecular weight excluding hydrogens is 1920 g/mol. The van der Waals surface area contributed by atoms with E-state index in [9.17, 15) is 57.6 Å². The number of halogens is 10. The molecule has 2 aromatic heterocycles. The van der Waals surface area contributed by atoms with Gasteiger partial charge >= 0.3 is 102 Å². The van der Waals surface area contributed by atoms with Crippen molar-refractivity contribution in [2.75, 3.05) is 59.1 Å². The van der Waals surface area contributed by atoms with Gasteiger partial charge in [0.1, 0.15) is 5.92 Å². The number of fused-ring (bicyclic) bond motifs is 13. The molecule has 0 saturated carbocycles. The Kier molecular flexibility index (Phi) is 40.5. The quantitative estimate of drug-likeness (QED) is 0.0342. The summed E-state index contributed by atoms with van der Waals surface area (Å²) in [6.07, 6.45) is 16.1. The van der Waals surface area contributed by atoms with Gasteiger partial charge in [-0.1, -0.05) is 69.0 Å². The molecule has 20 nitrogen and oxygen atoms in total. The van der Waals surface area contributed by atoms with Crippen LogP contribution in [0.15, 0.2) is 41.5 Å². The summed E-state index contributed by atoms with van der Waals surface area (Å²) in [4.78, 5) is 46.5. The third kappa shape index (κ3) is 23.1. The minimum atomic E-state index is -6.81. The number of aromatic nitrogens is 4. The summed E-state index contributed by atoms with van der Waals surface area (Å²) in [5, 5.41) is 9.31. The molecule has 1 amide bonds. The van der Waals surface area contributed by atoms with Gasteiger partial charge in [0.05, 0.1) is 41.8 Å². The van der Waals surface area contributed by atoms with Gasteiger partial charge in [-0.25, -0.2) is 0 Å². The zero-order valence-corrected chi connectivity index (χ0v) is 72.4. The Bertz CT molecular complexity index is 3110. The largest absolute Gasteiger partial charge is 0 e. The molecule has 1 radical (unpaired) electrons. The molecule has 8 bridgehead atoms. The van der Waals surface area contributed by atoms with Crippen LogP contribution in [0.4, 0.5) is 32.0 Å². The van der Waals surface area contributed by atoms with Gasteiger partial charge < -0.3 is 24.0 Å². The first-order valence-electron chi connectivity index (χ1n) is 30.9. The van der Waals surface area contributed by atoms with E-state index < -0.39 is 46.4 Å². The number of piperidine rings is 1. The predicted molar refractivity (Wildman–Crippen MR) is 395 cm³/mol. The van der Waals surface area contributed by atoms with Crippen LogP contribution in [0.25, 0.3) is 0 Å². The van der Waals surface area contributed by atoms with Gasteiger partial charge in [0.15, 0.2) is 5.78 Å². The first-order valence-corrected chi connectivity index (χ1v) is 48.6. The van der Waals surface area contributed by atoms with Gasteiger partial charge in [0.2, 0.25) is 5.91 Å². The van der Waals surface area contributed by atoms with Crippen molar-refractivity contribution < 1.29 is 103 Å². The van der Waals surface area contributed by atoms with E-state index in [1.54, 1.807) is 14.0 Å². The summed E-state index contributed by atoms with van der Waals surface area (Å²) in [5.74, 6) is 4.11. The van der Waals surface area contributed by atoms with E-state index in [0.717, 1.165) is 72.0 Å². The van der Waals surface area contributed by atoms with E-state index in [1.165, 1.54) is 97.3 Å². The Hall–Kier alpha value is -0.271. The summed E-state index contributed by atoms with van der Waals surface area (Å²) >= 11 is 9.79. The van der Waals surface area contributed by atoms with E-state index >= 15 is 0 Å². The number of sulfonamides is 2. The number of aryl methyl sites for hydroxylation is 2. The zero-order valence-electron chi connectivity index (χ0n) is 57.1. The molecule has 34 heteroatoms. The molecule has 0 aliphatic carbocycles. The van der Waals surface area contributed by atoms with Crippen molar-refractivity contribution in [1.29, 1.82) is 0 Å². The van der Waals surface area contributed by atoms with Gasteiger partial charge in [0.25, 0.3) is 0 Å². The number of hydrogen-bond donors (Lipinski definition) is 2. The van der Waals surface area contributed by atoms with Gasteiger partial charge in [-0.05, 0) is 168 Å². The number of rotatable bonds is 6. The summed E-state index contributed by atoms with van der Waals surface area (Å²) in [7, 11) is 2.73. The van der Waals surface area contributed by atoms with E-state index in [-0.39, 0.29) is 79.1 Å². The molecule has 549 valence electrons. The second kappa shape index (κ2) is 41.4. The monoisotopic (exact) mass is 2020 g/mol. The van der Waals surface area contributed by atoms with Crippen LogP contribution in [0.3, 0.4) is 0 Å². The smallest absolute Gasteiger partial charge is 0 e. The number of nitrogens with zero attached hydrogens (tertiary/aromatic N) is 10. The molecule has 1 aromatic carbocycles. The maximum Gasteiger partial charge on any atom is 0 e. The van der Waals surface area contributed by atoms with Crippen LogP contribution in [0.2, 0.25) is 0 Å². The van der Waals surface area contributed by atoms with Crippen molar-refractivity contribution in [2.24, 2.45) is 25.9 Å². The van der Waals surface area contributed by atoms with E-state index in [0.29, 0.717) is 55.4 Å². The Morgan fingerprint density at radius 1 is 0.719 bits per heavy atom. The predicted octanol–water partition coefficient (Wildman–Crippen LogP) is 12.5. The number of hydrogen-bond acceptors (Lipinski definition) is 16. The number of esters is 1. The summed E-state index contributed by atoms with van der Waals surface area (Å²) < 4.78 is 127. The molecule has 5 saturated heterocycles. The summed E-state index contributed by atoms with van der Waals surface area (Å²) in [5.41, 5.74) is -0.504. The molecule has 11 heterocycles. The van der Waals surface area contributed by atoms with Crippen molar-refractivity contribution in [3.05, 3.63) is 89.7 Å². The van der Waals surface area contributed by atoms with Crippen molar-refractivity contribution in [1.82, 2.24) is 49.5 Å². The van der Waals surface area contributed by atoms with Gasteiger partial charge in [0, 0.05) is 114 Å². The van der Waals surface area contributed by atoms with Crippen LogP contribution >= 0.6 is 82.5 Å². The number of anilines is 1. The van der Waals surface area contributed by atoms with Crippen LogP contribution in [0, 0.1) is 69.7 Å². The number of carbonyl (C=O) groups excluding carboxylic acids is 3. The van der Waals surface area contributed by atoms with Crippen LogP contribution < -0.4 is 15.0 Å². The number of benzene rings is 1. The van der Waals surface area contributed by atoms with Crippen molar-refractivity contribution >= 4 is 126 Å². The normalized spacial score (nSPS) is 24.5. The fourth-order valence-electron chi connectivity index (χ4n) is 13.1. The average molecular weight is 2020 g/mol. The third-order valence-electron chi connectivity index (χ3n) is 18.4. The maximum absolute atomic E-state index is 12.4. The number of ketones is 1. The number of alkyl halides is 7. The van der Waals surface area contributed by atoms with Gasteiger partial charge in [-0.3, -0.25) is 54.6 Å². The Balaban J connectivity index is 0.000000568. The number of para-hydroxylation sites is 1. The van der Waals surface area contributed by atoms with Crippen LogP contribution in [-0.2, 0) is 71.0 Å². The standard InChI is InChI=1S/2C11H17N3.C11H16N2O.C11H17NO3.C8H5F6NO4S2.C4H9I.C3H7.CH6N2.CH4.CH3.3HI.La.V/c2*1-7-9-6-8-4-5-10(13(8)2)11(9)12-14(7)3;1-12-6-9-8(11(12)14)5-7-3-4-10(9)13(7)2;1-3-15-11(14)8-6-7-4-5-9(10(8)13)12(7)2;9-7(10,11)20(16,17)15(6-4-2-1-3-5-6)21(18,19)8(12,13)14;1-3-4(2)5;2*1-3-2;;;;;;;/h2*8,10H,4-6H2,1-3H3;7,10H,3-6H2,1-2H3;7-9H,3-6H2,1-2H3;1-5H;4H,3H2,1-2H3;1,3H2,2H3;3H,2H2,1H3;1H4;1H3;3*1H;;/q;;;;;;-1;;;-1;;;;;+3/p-3/t2*8-,10+;;;;;;;;;;;;;/m10............./s1. The van der Waals surface area contributed by atoms with Crippen molar-refractivity contribution in [3.8, 4) is 0 Å². The molecule has 10 atom stereocenters. The Morgan fingerprint density at radius 3 is 1.46 bits per heavy atom. The molecule has 9 aliphatic rings. The minimum Gasteiger partial charge on any atom is 0 e. The summed E-state index contributed by atoms with van der Waals surface area (Å²) in [6.45, 7) is 17.3. The number of nitrogens with one attached hydrogen (secondary N) is 1. The summed E-state index contributed by atoms with van der Waals surface area (Å²) in [6, 6.07) is 8.15. The molecule has 3 N–H and O–H groups in total. The number of ether oxygens (including phenoxy) is 1. The average Bonchev–Trinajstić information content (AvgIpc) is 1.10. The van der Waals surface area contributed by atoms with E-state index in [4.69, 9.17) is 4.74 Å². The SMILES string of the molecule is C.CCC(C)I.CCOC(=O)C1CC2CCC(C1=O)N2C.CN1CC2=C(CC3CCC2N3C)C1=O.CNN.Cc1c2c(nn1C)[C@@H]1CC[C@H](C2)N1C.Cc1c2c(nn1C)[C@H]1CC[C@@H](C2)N1C.O=S(=O)(N(c1ccccc1)S(=O)(=O)C(F)(F)F)C(F)(F)F.[CH2-]CC.[CH3-].[I][V]([I])[I].[La]. The van der Waals surface area contributed by atoms with Gasteiger partial charge in [-0.2, -0.15) is 59.8 Å². The molecule has 12 rings (SSSR count). The van der Waals surface area contributed by atoms with E-state index in [1.807, 2.05) is 35.3 Å². The Morgan fingerprint density at radius 2 is 1.07 bits per heavy atom. The molecule has 0 spiro atoms. The number of carbonyl (C=O) groups is 3. The Labute approximate surface area is 647 Å². The first-order chi connectivity index (χ1) is 43.2. The van der Waals surface area contributed by atoms with Crippen molar-refractivity contribution in [3.63, 3.8) is 0 Å². The zero-order chi connectivity index (χ0) is 70.6. The number of amides is 1. The second-order valence-corrected chi connectivity index (χ2v) is 65.4. The van der Waals surface area contributed by atoms with E-state index in [2.05, 4.69) is 193 Å². The molecule has 6 unspecified atom stereocenters. The topological polar surface area (TPSA) is 222 Å². The molecule has 3 aromatic rings. The second-order valence-electron chi connectivity index (χ2n) is 24.1. The molecular formula is C62H101F6I4LaN12O8S2V-2. The molecule has 5 fully saturated rings. The van der Waals surface area contributed by atoms with Crippen molar-refractivity contribution in [2.45, 2.75) is 202 Å². The number of Topliss-reactive ketones (excluding diaryl/α,β-unsaturated/α-hetero) is 1. The van der Waals surface area contributed by atoms with Crippen LogP contribution in [0.1, 0.15) is 158 Å². The maximum atomic E-state index is 12.4. The molecule has 96 heavy (non-hydrogen) atoms. The van der Waals surface area contributed by atoms with Gasteiger partial charge in [-0.15, -0.1) is 3.71 Å². The molecule has 9 aliphatic heterocycles. The third-order valence-corrected chi connectivity index (χ3v) is 22.9. The minimum absolute atomic E-state index is 0. The van der Waals surface area contributed by atoms with Crippen LogP contribution in [-0.4, -0.2) is 185 Å². The fourth-order valence-corrected chi connectivity index (χ4v) is 15.8. The number of hydrazine groups is 1.